The number of aryl methyl sites for hydroxylation is 1. The van der Waals surface area contributed by atoms with Crippen LogP contribution in [0.3, 0.4) is 0 Å². The largest absolute Gasteiger partial charge is 0.153 e. The van der Waals surface area contributed by atoms with Crippen molar-refractivity contribution in [3.05, 3.63) is 47.5 Å². The molecule has 0 fully saturated rings. The maximum Gasteiger partial charge on any atom is 0.0439 e. The molecule has 76 valence electrons. The highest BCUT2D eigenvalue weighted by Crippen LogP contribution is 2.17. The average molecular weight is 227 g/mol. The van der Waals surface area contributed by atoms with Crippen molar-refractivity contribution in [1.82, 2.24) is 0 Å². The first-order valence-electron chi connectivity index (χ1n) is 4.59. The summed E-state index contributed by atoms with van der Waals surface area (Å²) in [6, 6.07) is 8.47. The summed E-state index contributed by atoms with van der Waals surface area (Å²) in [7, 11) is 0. The molecule has 14 heavy (non-hydrogen) atoms. The maximum absolute atomic E-state index is 5.65. The first-order chi connectivity index (χ1) is 6.74. The number of hydrogen-bond acceptors (Lipinski definition) is 1. The van der Waals surface area contributed by atoms with Crippen molar-refractivity contribution < 1.29 is 0 Å². The molecule has 1 rings (SSSR count). The lowest BCUT2D eigenvalue weighted by Crippen LogP contribution is -1.90. The summed E-state index contributed by atoms with van der Waals surface area (Å²) in [5, 5.41) is 0. The molecule has 0 aliphatic rings. The fourth-order valence-electron chi connectivity index (χ4n) is 1.12. The summed E-state index contributed by atoms with van der Waals surface area (Å²) < 4.78 is 0. The first-order valence-corrected chi connectivity index (χ1v) is 6.28. The standard InChI is InChI=1S/C12H15ClS/c1-10(7-13)8-14-9-12-6-4-3-5-11(12)2/h3-6H,1,7-9H2,2H3. The normalized spacial score (nSPS) is 10.1. The summed E-state index contributed by atoms with van der Waals surface area (Å²) in [6.45, 7) is 6.02. The molecule has 0 aromatic heterocycles. The Morgan fingerprint density at radius 3 is 2.79 bits per heavy atom. The van der Waals surface area contributed by atoms with E-state index in [4.69, 9.17) is 11.6 Å². The van der Waals surface area contributed by atoms with E-state index < -0.39 is 0 Å². The van der Waals surface area contributed by atoms with Crippen LogP contribution in [0.4, 0.5) is 0 Å². The van der Waals surface area contributed by atoms with E-state index in [1.165, 1.54) is 11.1 Å². The van der Waals surface area contributed by atoms with Crippen LogP contribution in [0.1, 0.15) is 11.1 Å². The smallest absolute Gasteiger partial charge is 0.0439 e. The zero-order chi connectivity index (χ0) is 10.4. The van der Waals surface area contributed by atoms with Crippen molar-refractivity contribution in [1.29, 1.82) is 0 Å². The predicted octanol–water partition coefficient (Wildman–Crippen LogP) is 4.02. The Bertz CT molecular complexity index is 307. The molecular formula is C12H15ClS. The van der Waals surface area contributed by atoms with Gasteiger partial charge in [0.25, 0.3) is 0 Å². The van der Waals surface area contributed by atoms with Crippen molar-refractivity contribution in [3.8, 4) is 0 Å². The van der Waals surface area contributed by atoms with Gasteiger partial charge in [-0.05, 0) is 18.1 Å². The number of halogens is 1. The number of rotatable bonds is 5. The molecule has 0 radical (unpaired) electrons. The highest BCUT2D eigenvalue weighted by molar-refractivity contribution is 7.98. The minimum Gasteiger partial charge on any atom is -0.153 e. The van der Waals surface area contributed by atoms with Gasteiger partial charge in [0.15, 0.2) is 0 Å². The third kappa shape index (κ3) is 3.77. The number of hydrogen-bond donors (Lipinski definition) is 0. The van der Waals surface area contributed by atoms with Gasteiger partial charge >= 0.3 is 0 Å². The van der Waals surface area contributed by atoms with Crippen LogP contribution in [0.2, 0.25) is 0 Å². The van der Waals surface area contributed by atoms with Gasteiger partial charge < -0.3 is 0 Å². The predicted molar refractivity (Wildman–Crippen MR) is 67.2 cm³/mol. The Morgan fingerprint density at radius 2 is 2.14 bits per heavy atom. The van der Waals surface area contributed by atoms with Crippen molar-refractivity contribution in [2.24, 2.45) is 0 Å². The van der Waals surface area contributed by atoms with Gasteiger partial charge in [0, 0.05) is 17.4 Å². The van der Waals surface area contributed by atoms with Gasteiger partial charge in [-0.15, -0.1) is 11.6 Å². The second-order valence-electron chi connectivity index (χ2n) is 3.30. The molecule has 2 heteroatoms. The second-order valence-corrected chi connectivity index (χ2v) is 4.56. The molecule has 0 amide bonds. The summed E-state index contributed by atoms with van der Waals surface area (Å²) >= 11 is 7.52. The van der Waals surface area contributed by atoms with Gasteiger partial charge in [-0.3, -0.25) is 0 Å². The molecular weight excluding hydrogens is 212 g/mol. The minimum absolute atomic E-state index is 0.570. The third-order valence-electron chi connectivity index (χ3n) is 2.01. The van der Waals surface area contributed by atoms with Crippen LogP contribution in [0.25, 0.3) is 0 Å². The topological polar surface area (TPSA) is 0 Å². The van der Waals surface area contributed by atoms with E-state index in [1.807, 2.05) is 11.8 Å². The molecule has 0 saturated carbocycles. The number of alkyl halides is 1. The van der Waals surface area contributed by atoms with Crippen LogP contribution < -0.4 is 0 Å². The molecule has 0 nitrogen and oxygen atoms in total. The molecule has 0 bridgehead atoms. The van der Waals surface area contributed by atoms with Gasteiger partial charge in [-0.25, -0.2) is 0 Å². The quantitative estimate of drug-likeness (QED) is 0.540. The highest BCUT2D eigenvalue weighted by Gasteiger charge is 1.98. The van der Waals surface area contributed by atoms with Crippen LogP contribution in [0.5, 0.6) is 0 Å². The van der Waals surface area contributed by atoms with Crippen LogP contribution in [0, 0.1) is 6.92 Å². The van der Waals surface area contributed by atoms with E-state index in [0.29, 0.717) is 5.88 Å². The van der Waals surface area contributed by atoms with Crippen LogP contribution >= 0.6 is 23.4 Å². The summed E-state index contributed by atoms with van der Waals surface area (Å²) in [6.07, 6.45) is 0. The summed E-state index contributed by atoms with van der Waals surface area (Å²) in [4.78, 5) is 0. The van der Waals surface area contributed by atoms with Gasteiger partial charge in [0.1, 0.15) is 0 Å². The molecule has 0 aliphatic carbocycles. The zero-order valence-corrected chi connectivity index (χ0v) is 10.00. The molecule has 0 N–H and O–H groups in total. The number of benzene rings is 1. The van der Waals surface area contributed by atoms with E-state index >= 15 is 0 Å². The Labute approximate surface area is 95.4 Å². The SMILES string of the molecule is C=C(CCl)CSCc1ccccc1C. The van der Waals surface area contributed by atoms with E-state index in [0.717, 1.165) is 17.1 Å². The lowest BCUT2D eigenvalue weighted by Gasteiger charge is -2.05. The van der Waals surface area contributed by atoms with Crippen molar-refractivity contribution in [2.45, 2.75) is 12.7 Å². The monoisotopic (exact) mass is 226 g/mol. The van der Waals surface area contributed by atoms with Gasteiger partial charge in [-0.1, -0.05) is 36.4 Å². The van der Waals surface area contributed by atoms with Crippen molar-refractivity contribution in [2.75, 3.05) is 11.6 Å². The Morgan fingerprint density at radius 1 is 1.43 bits per heavy atom. The van der Waals surface area contributed by atoms with E-state index in [-0.39, 0.29) is 0 Å². The fraction of sp³-hybridized carbons (Fsp3) is 0.333. The number of thioether (sulfide) groups is 1. The Kier molecular flexibility index (Phi) is 5.13. The molecule has 0 atom stereocenters. The highest BCUT2D eigenvalue weighted by atomic mass is 35.5. The second kappa shape index (κ2) is 6.15. The molecule has 0 aliphatic heterocycles. The lowest BCUT2D eigenvalue weighted by molar-refractivity contribution is 1.30. The van der Waals surface area contributed by atoms with Gasteiger partial charge in [0.2, 0.25) is 0 Å². The molecule has 1 aromatic carbocycles. The molecule has 0 heterocycles. The Hall–Kier alpha value is -0.400. The van der Waals surface area contributed by atoms with E-state index in [1.54, 1.807) is 0 Å². The first kappa shape index (κ1) is 11.7. The molecule has 0 unspecified atom stereocenters. The maximum atomic E-state index is 5.65. The van der Waals surface area contributed by atoms with Crippen LogP contribution in [0.15, 0.2) is 36.4 Å². The summed E-state index contributed by atoms with van der Waals surface area (Å²) in [5.41, 5.74) is 3.86. The van der Waals surface area contributed by atoms with E-state index in [2.05, 4.69) is 37.8 Å². The Balaban J connectivity index is 2.39. The van der Waals surface area contributed by atoms with Crippen LogP contribution in [-0.4, -0.2) is 11.6 Å². The average Bonchev–Trinajstić information content (AvgIpc) is 2.20. The van der Waals surface area contributed by atoms with Crippen molar-refractivity contribution in [3.63, 3.8) is 0 Å². The third-order valence-corrected chi connectivity index (χ3v) is 3.52. The molecule has 0 spiro atoms. The van der Waals surface area contributed by atoms with Crippen LogP contribution in [-0.2, 0) is 5.75 Å². The van der Waals surface area contributed by atoms with E-state index in [9.17, 15) is 0 Å². The van der Waals surface area contributed by atoms with Crippen molar-refractivity contribution >= 4 is 23.4 Å². The zero-order valence-electron chi connectivity index (χ0n) is 8.42. The minimum atomic E-state index is 0.570. The fourth-order valence-corrected chi connectivity index (χ4v) is 2.36. The molecule has 0 saturated heterocycles. The lowest BCUT2D eigenvalue weighted by atomic mass is 10.1. The van der Waals surface area contributed by atoms with Gasteiger partial charge in [0.05, 0.1) is 0 Å². The van der Waals surface area contributed by atoms with Gasteiger partial charge in [-0.2, -0.15) is 11.8 Å². The summed E-state index contributed by atoms with van der Waals surface area (Å²) in [5.74, 6) is 2.57. The molecule has 1 aromatic rings.